The first kappa shape index (κ1) is 17.0. The van der Waals surface area contributed by atoms with E-state index in [1.165, 1.54) is 12.5 Å². The molecule has 1 spiro atoms. The zero-order valence-corrected chi connectivity index (χ0v) is 13.6. The van der Waals surface area contributed by atoms with Gasteiger partial charge in [0.15, 0.2) is 17.4 Å². The summed E-state index contributed by atoms with van der Waals surface area (Å²) in [4.78, 5) is 26.1. The van der Waals surface area contributed by atoms with Gasteiger partial charge in [-0.15, -0.1) is 0 Å². The molecule has 2 aliphatic heterocycles. The minimum atomic E-state index is -1.04. The minimum Gasteiger partial charge on any atom is -0.343 e. The third-order valence-electron chi connectivity index (χ3n) is 5.32. The number of hydrogen-bond acceptors (Lipinski definition) is 3. The fraction of sp³-hybridized carbons (Fsp3) is 0.556. The van der Waals surface area contributed by atoms with Crippen molar-refractivity contribution in [3.8, 4) is 0 Å². The molecular weight excluding hydrogens is 314 g/mol. The number of ketones is 1. The quantitative estimate of drug-likeness (QED) is 0.860. The van der Waals surface area contributed by atoms with Crippen molar-refractivity contribution >= 4 is 11.7 Å². The molecule has 0 aliphatic carbocycles. The van der Waals surface area contributed by atoms with Crippen molar-refractivity contribution in [2.24, 2.45) is 5.41 Å². The Labute approximate surface area is 140 Å². The van der Waals surface area contributed by atoms with E-state index in [1.54, 1.807) is 0 Å². The summed E-state index contributed by atoms with van der Waals surface area (Å²) in [6, 6.07) is 3.08. The van der Waals surface area contributed by atoms with Gasteiger partial charge in [0.2, 0.25) is 5.91 Å². The van der Waals surface area contributed by atoms with Crippen molar-refractivity contribution in [3.63, 3.8) is 0 Å². The second kappa shape index (κ2) is 6.97. The lowest BCUT2D eigenvalue weighted by atomic mass is 9.78. The zero-order valence-electron chi connectivity index (χ0n) is 13.6. The number of hydrogen-bond donors (Lipinski definition) is 1. The van der Waals surface area contributed by atoms with Gasteiger partial charge in [0.25, 0.3) is 0 Å². The van der Waals surface area contributed by atoms with E-state index < -0.39 is 11.6 Å². The maximum absolute atomic E-state index is 13.2. The van der Waals surface area contributed by atoms with Crippen LogP contribution in [0, 0.1) is 17.0 Å². The number of benzene rings is 1. The Kier molecular flexibility index (Phi) is 4.94. The van der Waals surface area contributed by atoms with Gasteiger partial charge >= 0.3 is 0 Å². The largest absolute Gasteiger partial charge is 0.343 e. The first-order valence-electron chi connectivity index (χ1n) is 8.46. The summed E-state index contributed by atoms with van der Waals surface area (Å²) in [5, 5.41) is 3.39. The minimum absolute atomic E-state index is 0.0209. The van der Waals surface area contributed by atoms with Gasteiger partial charge in [0, 0.05) is 38.0 Å². The average molecular weight is 336 g/mol. The Morgan fingerprint density at radius 3 is 2.46 bits per heavy atom. The van der Waals surface area contributed by atoms with Crippen molar-refractivity contribution in [2.45, 2.75) is 32.1 Å². The molecule has 2 saturated heterocycles. The molecule has 0 aromatic heterocycles. The van der Waals surface area contributed by atoms with E-state index in [9.17, 15) is 18.4 Å². The molecule has 24 heavy (non-hydrogen) atoms. The van der Waals surface area contributed by atoms with Crippen LogP contribution in [-0.4, -0.2) is 42.8 Å². The van der Waals surface area contributed by atoms with Gasteiger partial charge in [0.1, 0.15) is 0 Å². The maximum atomic E-state index is 13.2. The lowest BCUT2D eigenvalue weighted by Gasteiger charge is -2.38. The lowest BCUT2D eigenvalue weighted by molar-refractivity contribution is -0.133. The molecule has 1 amide bonds. The van der Waals surface area contributed by atoms with Crippen molar-refractivity contribution in [3.05, 3.63) is 35.4 Å². The number of Topliss-reactive ketones (excluding diaryl/α,β-unsaturated/α-hetero) is 1. The highest BCUT2D eigenvalue weighted by Gasteiger charge is 2.37. The van der Waals surface area contributed by atoms with Crippen LogP contribution in [0.5, 0.6) is 0 Å². The standard InChI is InChI=1S/C18H22F2N2O2/c19-14-2-1-13(11-15(14)20)16(23)3-4-17(24)22-9-6-18(7-10-22)5-8-21-12-18/h1-2,11,21H,3-10,12H2. The summed E-state index contributed by atoms with van der Waals surface area (Å²) >= 11 is 0. The molecule has 130 valence electrons. The number of rotatable bonds is 4. The molecule has 0 radical (unpaired) electrons. The Balaban J connectivity index is 1.48. The molecule has 1 aromatic carbocycles. The molecular formula is C18H22F2N2O2. The topological polar surface area (TPSA) is 49.4 Å². The predicted molar refractivity (Wildman–Crippen MR) is 85.7 cm³/mol. The molecule has 3 rings (SSSR count). The van der Waals surface area contributed by atoms with Crippen molar-refractivity contribution in [2.75, 3.05) is 26.2 Å². The van der Waals surface area contributed by atoms with E-state index in [0.29, 0.717) is 5.41 Å². The van der Waals surface area contributed by atoms with Gasteiger partial charge in [0.05, 0.1) is 0 Å². The number of nitrogens with one attached hydrogen (secondary N) is 1. The molecule has 1 N–H and O–H groups in total. The maximum Gasteiger partial charge on any atom is 0.223 e. The number of likely N-dealkylation sites (tertiary alicyclic amines) is 1. The van der Waals surface area contributed by atoms with E-state index in [4.69, 9.17) is 0 Å². The molecule has 0 saturated carbocycles. The summed E-state index contributed by atoms with van der Waals surface area (Å²) in [6.45, 7) is 3.56. The van der Waals surface area contributed by atoms with Crippen LogP contribution in [0.1, 0.15) is 42.5 Å². The van der Waals surface area contributed by atoms with E-state index >= 15 is 0 Å². The summed E-state index contributed by atoms with van der Waals surface area (Å²) in [5.41, 5.74) is 0.453. The van der Waals surface area contributed by atoms with Gasteiger partial charge in [-0.25, -0.2) is 8.78 Å². The van der Waals surface area contributed by atoms with Crippen LogP contribution in [0.25, 0.3) is 0 Å². The fourth-order valence-corrected chi connectivity index (χ4v) is 3.65. The molecule has 2 aliphatic rings. The Bertz CT molecular complexity index is 632. The molecule has 4 nitrogen and oxygen atoms in total. The molecule has 0 bridgehead atoms. The van der Waals surface area contributed by atoms with E-state index in [-0.39, 0.29) is 30.1 Å². The highest BCUT2D eigenvalue weighted by molar-refractivity contribution is 5.97. The van der Waals surface area contributed by atoms with Gasteiger partial charge in [-0.2, -0.15) is 0 Å². The second-order valence-electron chi connectivity index (χ2n) is 6.86. The van der Waals surface area contributed by atoms with Crippen molar-refractivity contribution in [1.29, 1.82) is 0 Å². The molecule has 2 fully saturated rings. The number of halogens is 2. The molecule has 0 atom stereocenters. The fourth-order valence-electron chi connectivity index (χ4n) is 3.65. The number of piperidine rings is 1. The van der Waals surface area contributed by atoms with Gasteiger partial charge in [-0.3, -0.25) is 9.59 Å². The van der Waals surface area contributed by atoms with Crippen LogP contribution in [-0.2, 0) is 4.79 Å². The highest BCUT2D eigenvalue weighted by Crippen LogP contribution is 2.37. The normalized spacial score (nSPS) is 19.7. The Morgan fingerprint density at radius 2 is 1.83 bits per heavy atom. The average Bonchev–Trinajstić information content (AvgIpc) is 3.03. The summed E-state index contributed by atoms with van der Waals surface area (Å²) in [6.07, 6.45) is 3.31. The SMILES string of the molecule is O=C(CCC(=O)N1CCC2(CCNC2)CC1)c1ccc(F)c(F)c1. The zero-order chi connectivity index (χ0) is 17.2. The van der Waals surface area contributed by atoms with Gasteiger partial charge < -0.3 is 10.2 Å². The third-order valence-corrected chi connectivity index (χ3v) is 5.32. The van der Waals surface area contributed by atoms with E-state index in [1.807, 2.05) is 4.90 Å². The van der Waals surface area contributed by atoms with Gasteiger partial charge in [-0.05, 0) is 49.4 Å². The summed E-state index contributed by atoms with van der Waals surface area (Å²) < 4.78 is 26.1. The third kappa shape index (κ3) is 3.64. The number of carbonyl (C=O) groups is 2. The number of nitrogens with zero attached hydrogens (tertiary/aromatic N) is 1. The van der Waals surface area contributed by atoms with Crippen LogP contribution < -0.4 is 5.32 Å². The van der Waals surface area contributed by atoms with Crippen LogP contribution in [0.2, 0.25) is 0 Å². The smallest absolute Gasteiger partial charge is 0.223 e. The lowest BCUT2D eigenvalue weighted by Crippen LogP contribution is -2.44. The number of amides is 1. The molecule has 6 heteroatoms. The molecule has 2 heterocycles. The highest BCUT2D eigenvalue weighted by atomic mass is 19.2. The van der Waals surface area contributed by atoms with Crippen LogP contribution in [0.3, 0.4) is 0 Å². The molecule has 1 aromatic rings. The summed E-state index contributed by atoms with van der Waals surface area (Å²) in [7, 11) is 0. The van der Waals surface area contributed by atoms with Crippen LogP contribution >= 0.6 is 0 Å². The van der Waals surface area contributed by atoms with Crippen LogP contribution in [0.15, 0.2) is 18.2 Å². The predicted octanol–water partition coefficient (Wildman–Crippen LogP) is 2.53. The Morgan fingerprint density at radius 1 is 1.08 bits per heavy atom. The second-order valence-corrected chi connectivity index (χ2v) is 6.86. The number of carbonyl (C=O) groups excluding carboxylic acids is 2. The first-order chi connectivity index (χ1) is 11.5. The van der Waals surface area contributed by atoms with Gasteiger partial charge in [-0.1, -0.05) is 0 Å². The summed E-state index contributed by atoms with van der Waals surface area (Å²) in [5.74, 6) is -2.40. The monoisotopic (exact) mass is 336 g/mol. The van der Waals surface area contributed by atoms with Crippen molar-refractivity contribution < 1.29 is 18.4 Å². The van der Waals surface area contributed by atoms with E-state index in [2.05, 4.69) is 5.32 Å². The van der Waals surface area contributed by atoms with Crippen LogP contribution in [0.4, 0.5) is 8.78 Å². The first-order valence-corrected chi connectivity index (χ1v) is 8.46. The Hall–Kier alpha value is -1.82. The van der Waals surface area contributed by atoms with Crippen molar-refractivity contribution in [1.82, 2.24) is 10.2 Å². The molecule has 0 unspecified atom stereocenters. The van der Waals surface area contributed by atoms with E-state index in [0.717, 1.165) is 51.2 Å².